The molecule has 0 spiro atoms. The van der Waals surface area contributed by atoms with Crippen LogP contribution >= 0.6 is 11.3 Å². The first-order chi connectivity index (χ1) is 9.83. The molecule has 2 aromatic carbocycles. The van der Waals surface area contributed by atoms with E-state index in [0.29, 0.717) is 6.42 Å². The van der Waals surface area contributed by atoms with Gasteiger partial charge in [-0.3, -0.25) is 0 Å². The lowest BCUT2D eigenvalue weighted by atomic mass is 9.95. The Morgan fingerprint density at radius 3 is 2.75 bits per heavy atom. The quantitative estimate of drug-likeness (QED) is 0.714. The van der Waals surface area contributed by atoms with Gasteiger partial charge in [-0.15, -0.1) is 11.3 Å². The average molecular weight is 282 g/mol. The van der Waals surface area contributed by atoms with Crippen LogP contribution in [0.3, 0.4) is 0 Å². The van der Waals surface area contributed by atoms with E-state index in [1.807, 2.05) is 30.3 Å². The van der Waals surface area contributed by atoms with Crippen molar-refractivity contribution < 1.29 is 9.84 Å². The van der Waals surface area contributed by atoms with E-state index in [1.165, 1.54) is 15.6 Å². The van der Waals surface area contributed by atoms with E-state index in [9.17, 15) is 5.11 Å². The molecule has 0 saturated carbocycles. The van der Waals surface area contributed by atoms with Gasteiger partial charge < -0.3 is 9.84 Å². The van der Waals surface area contributed by atoms with Gasteiger partial charge in [0.15, 0.2) is 0 Å². The van der Waals surface area contributed by atoms with Gasteiger partial charge in [0.1, 0.15) is 11.9 Å². The van der Waals surface area contributed by atoms with Crippen molar-refractivity contribution in [2.75, 3.05) is 0 Å². The van der Waals surface area contributed by atoms with E-state index in [1.54, 1.807) is 11.3 Å². The fourth-order valence-corrected chi connectivity index (χ4v) is 3.84. The Bertz CT molecular complexity index is 762. The van der Waals surface area contributed by atoms with Crippen LogP contribution in [0, 0.1) is 0 Å². The number of fused-ring (bicyclic) bond motifs is 2. The Labute approximate surface area is 121 Å². The van der Waals surface area contributed by atoms with Crippen molar-refractivity contribution in [1.82, 2.24) is 0 Å². The third-order valence-electron chi connectivity index (χ3n) is 3.84. The van der Waals surface area contributed by atoms with E-state index < -0.39 is 6.10 Å². The largest absolute Gasteiger partial charge is 0.485 e. The van der Waals surface area contributed by atoms with Crippen LogP contribution in [0.25, 0.3) is 10.1 Å². The zero-order valence-corrected chi connectivity index (χ0v) is 11.6. The highest BCUT2D eigenvalue weighted by atomic mass is 32.1. The van der Waals surface area contributed by atoms with E-state index >= 15 is 0 Å². The average Bonchev–Trinajstić information content (AvgIpc) is 2.91. The summed E-state index contributed by atoms with van der Waals surface area (Å²) in [6.07, 6.45) is 0.0808. The second-order valence-corrected chi connectivity index (χ2v) is 5.99. The minimum absolute atomic E-state index is 0.0731. The fourth-order valence-electron chi connectivity index (χ4n) is 2.83. The van der Waals surface area contributed by atoms with Crippen LogP contribution < -0.4 is 4.74 Å². The number of rotatable bonds is 1. The molecule has 2 nitrogen and oxygen atoms in total. The summed E-state index contributed by atoms with van der Waals surface area (Å²) in [4.78, 5) is 0. The summed E-state index contributed by atoms with van der Waals surface area (Å²) in [6, 6.07) is 16.1. The third-order valence-corrected chi connectivity index (χ3v) is 4.82. The van der Waals surface area contributed by atoms with Gasteiger partial charge in [-0.25, -0.2) is 0 Å². The monoisotopic (exact) mass is 282 g/mol. The molecule has 4 rings (SSSR count). The number of hydrogen-bond acceptors (Lipinski definition) is 3. The Balaban J connectivity index is 1.78. The molecule has 1 unspecified atom stereocenters. The third kappa shape index (κ3) is 1.82. The molecule has 100 valence electrons. The lowest BCUT2D eigenvalue weighted by Gasteiger charge is -2.29. The fraction of sp³-hybridized carbons (Fsp3) is 0.176. The molecule has 0 bridgehead atoms. The number of aliphatic hydroxyl groups is 1. The first-order valence-electron chi connectivity index (χ1n) is 6.73. The van der Waals surface area contributed by atoms with E-state index in [-0.39, 0.29) is 6.10 Å². The van der Waals surface area contributed by atoms with Crippen molar-refractivity contribution in [3.05, 3.63) is 65.0 Å². The van der Waals surface area contributed by atoms with Crippen molar-refractivity contribution >= 4 is 21.4 Å². The van der Waals surface area contributed by atoms with Gasteiger partial charge in [0.2, 0.25) is 0 Å². The zero-order valence-electron chi connectivity index (χ0n) is 10.8. The van der Waals surface area contributed by atoms with Crippen LogP contribution in [0.5, 0.6) is 5.75 Å². The van der Waals surface area contributed by atoms with Crippen LogP contribution in [0.2, 0.25) is 0 Å². The van der Waals surface area contributed by atoms with Gasteiger partial charge in [-0.1, -0.05) is 36.4 Å². The molecular formula is C17H14O2S. The first kappa shape index (κ1) is 11.9. The molecule has 1 aliphatic rings. The normalized spacial score (nSPS) is 21.4. The predicted octanol–water partition coefficient (Wildman–Crippen LogP) is 4.46. The van der Waals surface area contributed by atoms with Gasteiger partial charge >= 0.3 is 0 Å². The maximum atomic E-state index is 10.3. The predicted molar refractivity (Wildman–Crippen MR) is 81.2 cm³/mol. The van der Waals surface area contributed by atoms with Gasteiger partial charge in [0, 0.05) is 22.2 Å². The highest BCUT2D eigenvalue weighted by Gasteiger charge is 2.29. The van der Waals surface area contributed by atoms with Crippen LogP contribution in [-0.4, -0.2) is 5.11 Å². The van der Waals surface area contributed by atoms with Crippen LogP contribution in [0.15, 0.2) is 53.9 Å². The summed E-state index contributed by atoms with van der Waals surface area (Å²) in [5.41, 5.74) is 2.07. The zero-order chi connectivity index (χ0) is 13.5. The van der Waals surface area contributed by atoms with Gasteiger partial charge in [0.05, 0.1) is 6.10 Å². The van der Waals surface area contributed by atoms with Crippen molar-refractivity contribution in [2.24, 2.45) is 0 Å². The summed E-state index contributed by atoms with van der Waals surface area (Å²) in [5.74, 6) is 0.798. The number of ether oxygens (including phenoxy) is 1. The summed E-state index contributed by atoms with van der Waals surface area (Å²) >= 11 is 1.73. The molecule has 3 heteroatoms. The first-order valence-corrected chi connectivity index (χ1v) is 7.60. The van der Waals surface area contributed by atoms with Crippen molar-refractivity contribution in [1.29, 1.82) is 0 Å². The maximum Gasteiger partial charge on any atom is 0.128 e. The molecule has 0 amide bonds. The summed E-state index contributed by atoms with van der Waals surface area (Å²) in [5, 5.41) is 13.7. The lowest BCUT2D eigenvalue weighted by Crippen LogP contribution is -2.18. The van der Waals surface area contributed by atoms with Crippen molar-refractivity contribution in [3.8, 4) is 5.75 Å². The maximum absolute atomic E-state index is 10.3. The number of hydrogen-bond donors (Lipinski definition) is 1. The molecular weight excluding hydrogens is 268 g/mol. The lowest BCUT2D eigenvalue weighted by molar-refractivity contribution is 0.0666. The molecule has 0 radical (unpaired) electrons. The van der Waals surface area contributed by atoms with E-state index in [0.717, 1.165) is 11.3 Å². The van der Waals surface area contributed by atoms with Crippen LogP contribution in [-0.2, 0) is 0 Å². The molecule has 2 heterocycles. The number of thiophene rings is 1. The second kappa shape index (κ2) is 4.62. The molecule has 0 fully saturated rings. The van der Waals surface area contributed by atoms with Crippen molar-refractivity contribution in [3.63, 3.8) is 0 Å². The van der Waals surface area contributed by atoms with E-state index in [4.69, 9.17) is 4.74 Å². The van der Waals surface area contributed by atoms with E-state index in [2.05, 4.69) is 23.6 Å². The number of aliphatic hydroxyl groups excluding tert-OH is 1. The molecule has 1 aliphatic heterocycles. The Morgan fingerprint density at radius 2 is 1.80 bits per heavy atom. The highest BCUT2D eigenvalue weighted by Crippen LogP contribution is 2.43. The Morgan fingerprint density at radius 1 is 1.00 bits per heavy atom. The minimum atomic E-state index is -0.455. The Hall–Kier alpha value is -1.84. The summed E-state index contributed by atoms with van der Waals surface area (Å²) < 4.78 is 7.36. The number of para-hydroxylation sites is 1. The minimum Gasteiger partial charge on any atom is -0.485 e. The molecule has 0 saturated heterocycles. The topological polar surface area (TPSA) is 29.5 Å². The molecule has 2 atom stereocenters. The van der Waals surface area contributed by atoms with Gasteiger partial charge in [-0.05, 0) is 22.9 Å². The smallest absolute Gasteiger partial charge is 0.128 e. The summed E-state index contributed by atoms with van der Waals surface area (Å²) in [6.45, 7) is 0. The van der Waals surface area contributed by atoms with Crippen molar-refractivity contribution in [2.45, 2.75) is 18.6 Å². The summed E-state index contributed by atoms with van der Waals surface area (Å²) in [7, 11) is 0. The molecule has 3 aromatic rings. The Kier molecular flexibility index (Phi) is 2.76. The molecule has 1 aromatic heterocycles. The van der Waals surface area contributed by atoms with Gasteiger partial charge in [-0.2, -0.15) is 0 Å². The SMILES string of the molecule is O[C@H]1CC(c2csc3ccccc23)Oc2ccccc21. The van der Waals surface area contributed by atoms with Crippen LogP contribution in [0.1, 0.15) is 29.8 Å². The standard InChI is InChI=1S/C17H14O2S/c18-14-9-16(19-15-7-3-1-6-12(14)15)13-10-20-17-8-4-2-5-11(13)17/h1-8,10,14,16,18H,9H2/t14-,16?/m0/s1. The molecule has 20 heavy (non-hydrogen) atoms. The highest BCUT2D eigenvalue weighted by molar-refractivity contribution is 7.17. The number of benzene rings is 2. The second-order valence-electron chi connectivity index (χ2n) is 5.08. The van der Waals surface area contributed by atoms with Crippen LogP contribution in [0.4, 0.5) is 0 Å². The van der Waals surface area contributed by atoms with Gasteiger partial charge in [0.25, 0.3) is 0 Å². The molecule has 0 aliphatic carbocycles. The molecule has 1 N–H and O–H groups in total.